The van der Waals surface area contributed by atoms with Crippen LogP contribution in [-0.2, 0) is 16.0 Å². The molecule has 0 unspecified atom stereocenters. The van der Waals surface area contributed by atoms with E-state index < -0.39 is 0 Å². The average Bonchev–Trinajstić information content (AvgIpc) is 2.98. The van der Waals surface area contributed by atoms with Crippen molar-refractivity contribution < 1.29 is 13.9 Å². The molecule has 3 heterocycles. The smallest absolute Gasteiger partial charge is 0.117 e. The first-order valence-corrected chi connectivity index (χ1v) is 8.16. The summed E-state index contributed by atoms with van der Waals surface area (Å²) in [7, 11) is 0. The molecule has 4 heteroatoms. The van der Waals surface area contributed by atoms with Gasteiger partial charge in [-0.3, -0.25) is 4.90 Å². The Balaban J connectivity index is 1.68. The molecule has 0 aromatic carbocycles. The first-order chi connectivity index (χ1) is 10.2. The van der Waals surface area contributed by atoms with Gasteiger partial charge in [-0.25, -0.2) is 0 Å². The quantitative estimate of drug-likeness (QED) is 0.835. The molecule has 2 aliphatic heterocycles. The molecule has 0 bridgehead atoms. The molecule has 1 aromatic rings. The maximum absolute atomic E-state index is 6.07. The second kappa shape index (κ2) is 6.51. The zero-order valence-electron chi connectivity index (χ0n) is 13.2. The summed E-state index contributed by atoms with van der Waals surface area (Å²) in [4.78, 5) is 2.49. The molecule has 1 aromatic heterocycles. The summed E-state index contributed by atoms with van der Waals surface area (Å²) in [6.45, 7) is 8.96. The van der Waals surface area contributed by atoms with Crippen molar-refractivity contribution in [3.8, 4) is 0 Å². The number of fused-ring (bicyclic) bond motifs is 1. The van der Waals surface area contributed by atoms with Gasteiger partial charge < -0.3 is 13.9 Å². The molecule has 118 valence electrons. The Bertz CT molecular complexity index is 431. The summed E-state index contributed by atoms with van der Waals surface area (Å²) in [5.41, 5.74) is 0.160. The lowest BCUT2D eigenvalue weighted by atomic mass is 9.73. The van der Waals surface area contributed by atoms with Gasteiger partial charge in [0.05, 0.1) is 31.6 Å². The fourth-order valence-corrected chi connectivity index (χ4v) is 3.68. The Hall–Kier alpha value is -0.840. The molecule has 2 aliphatic rings. The molecule has 4 nitrogen and oxygen atoms in total. The van der Waals surface area contributed by atoms with E-state index in [4.69, 9.17) is 13.9 Å². The van der Waals surface area contributed by atoms with Crippen molar-refractivity contribution in [1.82, 2.24) is 4.90 Å². The number of furan rings is 1. The van der Waals surface area contributed by atoms with Crippen LogP contribution in [0.2, 0.25) is 0 Å². The zero-order chi connectivity index (χ0) is 14.7. The number of ether oxygens (including phenoxy) is 2. The van der Waals surface area contributed by atoms with Crippen LogP contribution in [-0.4, -0.2) is 43.4 Å². The van der Waals surface area contributed by atoms with E-state index in [0.717, 1.165) is 51.4 Å². The van der Waals surface area contributed by atoms with Crippen molar-refractivity contribution >= 4 is 0 Å². The van der Waals surface area contributed by atoms with Gasteiger partial charge in [-0.05, 0) is 45.2 Å². The van der Waals surface area contributed by atoms with Crippen LogP contribution in [0.1, 0.15) is 38.9 Å². The molecule has 2 saturated heterocycles. The van der Waals surface area contributed by atoms with Crippen molar-refractivity contribution in [2.24, 2.45) is 5.41 Å². The van der Waals surface area contributed by atoms with Gasteiger partial charge in [-0.15, -0.1) is 0 Å². The number of likely N-dealkylation sites (tertiary alicyclic amines) is 1. The Morgan fingerprint density at radius 3 is 3.14 bits per heavy atom. The van der Waals surface area contributed by atoms with Gasteiger partial charge in [0.25, 0.3) is 0 Å². The minimum atomic E-state index is 0.160. The van der Waals surface area contributed by atoms with Crippen molar-refractivity contribution in [2.75, 3.05) is 26.3 Å². The Kier molecular flexibility index (Phi) is 4.67. The van der Waals surface area contributed by atoms with E-state index in [-0.39, 0.29) is 11.5 Å². The number of hydrogen-bond acceptors (Lipinski definition) is 4. The summed E-state index contributed by atoms with van der Waals surface area (Å²) in [5, 5.41) is 0. The van der Waals surface area contributed by atoms with Crippen molar-refractivity contribution in [1.29, 1.82) is 0 Å². The lowest BCUT2D eigenvalue weighted by Gasteiger charge is -2.50. The van der Waals surface area contributed by atoms with Crippen LogP contribution < -0.4 is 0 Å². The molecule has 0 spiro atoms. The highest BCUT2D eigenvalue weighted by Gasteiger charge is 2.46. The summed E-state index contributed by atoms with van der Waals surface area (Å²) in [5.74, 6) is 1.05. The molecular formula is C17H27NO3. The summed E-state index contributed by atoms with van der Waals surface area (Å²) in [6.07, 6.45) is 5.84. The van der Waals surface area contributed by atoms with Gasteiger partial charge in [0.15, 0.2) is 0 Å². The minimum absolute atomic E-state index is 0.160. The SMILES string of the molecule is CC(C)OC[C@]12CCCO[C@H]1CCN(Cc1ccco1)C2. The Morgan fingerprint density at radius 2 is 2.38 bits per heavy atom. The molecule has 0 aliphatic carbocycles. The third kappa shape index (κ3) is 3.50. The molecule has 0 amide bonds. The van der Waals surface area contributed by atoms with Crippen molar-refractivity contribution in [2.45, 2.75) is 51.9 Å². The van der Waals surface area contributed by atoms with Crippen LogP contribution >= 0.6 is 0 Å². The number of rotatable bonds is 5. The van der Waals surface area contributed by atoms with Gasteiger partial charge in [-0.2, -0.15) is 0 Å². The van der Waals surface area contributed by atoms with Crippen LogP contribution in [0.15, 0.2) is 22.8 Å². The van der Waals surface area contributed by atoms with E-state index in [1.807, 2.05) is 6.07 Å². The van der Waals surface area contributed by atoms with Crippen LogP contribution in [0.25, 0.3) is 0 Å². The van der Waals surface area contributed by atoms with Crippen LogP contribution in [0.4, 0.5) is 0 Å². The predicted molar refractivity (Wildman–Crippen MR) is 81.1 cm³/mol. The van der Waals surface area contributed by atoms with Crippen LogP contribution in [0.5, 0.6) is 0 Å². The van der Waals surface area contributed by atoms with E-state index in [9.17, 15) is 0 Å². The fraction of sp³-hybridized carbons (Fsp3) is 0.765. The molecule has 21 heavy (non-hydrogen) atoms. The molecule has 0 saturated carbocycles. The topological polar surface area (TPSA) is 34.8 Å². The summed E-state index contributed by atoms with van der Waals surface area (Å²) >= 11 is 0. The first-order valence-electron chi connectivity index (χ1n) is 8.16. The monoisotopic (exact) mass is 293 g/mol. The summed E-state index contributed by atoms with van der Waals surface area (Å²) in [6, 6.07) is 4.02. The van der Waals surface area contributed by atoms with E-state index in [1.54, 1.807) is 6.26 Å². The molecule has 3 rings (SSSR count). The molecule has 2 atom stereocenters. The highest BCUT2D eigenvalue weighted by molar-refractivity contribution is 5.01. The number of hydrogen-bond donors (Lipinski definition) is 0. The number of piperidine rings is 1. The Labute approximate surface area is 127 Å². The van der Waals surface area contributed by atoms with E-state index >= 15 is 0 Å². The molecule has 0 N–H and O–H groups in total. The lowest BCUT2D eigenvalue weighted by Crippen LogP contribution is -2.56. The van der Waals surface area contributed by atoms with Crippen molar-refractivity contribution in [3.63, 3.8) is 0 Å². The fourth-order valence-electron chi connectivity index (χ4n) is 3.68. The van der Waals surface area contributed by atoms with E-state index in [2.05, 4.69) is 24.8 Å². The first kappa shape index (κ1) is 15.1. The van der Waals surface area contributed by atoms with Crippen LogP contribution in [0.3, 0.4) is 0 Å². The second-order valence-electron chi connectivity index (χ2n) is 6.76. The van der Waals surface area contributed by atoms with E-state index in [0.29, 0.717) is 6.10 Å². The molecule has 2 fully saturated rings. The largest absolute Gasteiger partial charge is 0.468 e. The predicted octanol–water partition coefficient (Wildman–Crippen LogP) is 3.08. The Morgan fingerprint density at radius 1 is 1.48 bits per heavy atom. The summed E-state index contributed by atoms with van der Waals surface area (Å²) < 4.78 is 17.6. The third-order valence-electron chi connectivity index (χ3n) is 4.73. The van der Waals surface area contributed by atoms with Gasteiger partial charge in [0.2, 0.25) is 0 Å². The standard InChI is InChI=1S/C17H27NO3/c1-14(2)21-13-17-7-4-10-20-16(17)6-8-18(12-17)11-15-5-3-9-19-15/h3,5,9,14,16H,4,6-8,10-13H2,1-2H3/t16-,17+/m0/s1. The van der Waals surface area contributed by atoms with Gasteiger partial charge in [-0.1, -0.05) is 0 Å². The maximum Gasteiger partial charge on any atom is 0.117 e. The zero-order valence-corrected chi connectivity index (χ0v) is 13.2. The highest BCUT2D eigenvalue weighted by atomic mass is 16.5. The number of nitrogens with zero attached hydrogens (tertiary/aromatic N) is 1. The highest BCUT2D eigenvalue weighted by Crippen LogP contribution is 2.41. The molecular weight excluding hydrogens is 266 g/mol. The average molecular weight is 293 g/mol. The second-order valence-corrected chi connectivity index (χ2v) is 6.76. The normalized spacial score (nSPS) is 30.5. The van der Waals surface area contributed by atoms with Gasteiger partial charge in [0.1, 0.15) is 5.76 Å². The lowest BCUT2D eigenvalue weighted by molar-refractivity contribution is -0.160. The van der Waals surface area contributed by atoms with Crippen molar-refractivity contribution in [3.05, 3.63) is 24.2 Å². The molecule has 0 radical (unpaired) electrons. The van der Waals surface area contributed by atoms with Gasteiger partial charge in [0, 0.05) is 25.1 Å². The van der Waals surface area contributed by atoms with Crippen LogP contribution in [0, 0.1) is 5.41 Å². The minimum Gasteiger partial charge on any atom is -0.468 e. The maximum atomic E-state index is 6.07. The third-order valence-corrected chi connectivity index (χ3v) is 4.73. The van der Waals surface area contributed by atoms with E-state index in [1.165, 1.54) is 6.42 Å². The van der Waals surface area contributed by atoms with Gasteiger partial charge >= 0.3 is 0 Å².